The van der Waals surface area contributed by atoms with E-state index in [1.807, 2.05) is 0 Å². The van der Waals surface area contributed by atoms with Gasteiger partial charge in [0.25, 0.3) is 0 Å². The minimum absolute atomic E-state index is 1.14. The topological polar surface area (TPSA) is 0 Å². The maximum absolute atomic E-state index is 2.22. The third-order valence-corrected chi connectivity index (χ3v) is 2.88. The van der Waals surface area contributed by atoms with Crippen LogP contribution in [0.1, 0.15) is 0 Å². The lowest BCUT2D eigenvalue weighted by molar-refractivity contribution is 1.85. The molecule has 0 spiro atoms. The van der Waals surface area contributed by atoms with Crippen LogP contribution in [0.15, 0.2) is 42.5 Å². The molecule has 0 radical (unpaired) electrons. The summed E-state index contributed by atoms with van der Waals surface area (Å²) < 4.78 is 0. The first-order valence-corrected chi connectivity index (χ1v) is 4.82. The molecule has 0 saturated heterocycles. The van der Waals surface area contributed by atoms with Gasteiger partial charge >= 0.3 is 0 Å². The first-order chi connectivity index (χ1) is 5.38. The van der Waals surface area contributed by atoms with Crippen LogP contribution in [0.2, 0.25) is 0 Å². The number of hydrogen-bond acceptors (Lipinski definition) is 0. The maximum Gasteiger partial charge on any atom is 0.0393 e. The largest absolute Gasteiger partial charge is 0.0631 e. The third-order valence-electron chi connectivity index (χ3n) is 2.01. The molecule has 1 heteroatoms. The first kappa shape index (κ1) is 6.62. The van der Waals surface area contributed by atoms with Crippen LogP contribution in [-0.4, -0.2) is 10.2 Å². The standard InChI is InChI=1S/C10H10Si/c11-10-7-6-8-4-2-1-3-5-9(8)10/h1-7H,11H3. The summed E-state index contributed by atoms with van der Waals surface area (Å²) >= 11 is 0. The van der Waals surface area contributed by atoms with Gasteiger partial charge in [-0.25, -0.2) is 0 Å². The van der Waals surface area contributed by atoms with Crippen molar-refractivity contribution in [2.45, 2.75) is 0 Å². The third kappa shape index (κ3) is 1.08. The van der Waals surface area contributed by atoms with Crippen molar-refractivity contribution in [2.24, 2.45) is 0 Å². The molecule has 0 aromatic rings. The van der Waals surface area contributed by atoms with Crippen molar-refractivity contribution in [2.75, 3.05) is 0 Å². The summed E-state index contributed by atoms with van der Waals surface area (Å²) in [4.78, 5) is 0. The van der Waals surface area contributed by atoms with Crippen molar-refractivity contribution < 1.29 is 0 Å². The predicted octanol–water partition coefficient (Wildman–Crippen LogP) is 0.782. The van der Waals surface area contributed by atoms with Gasteiger partial charge in [-0.2, -0.15) is 0 Å². The Morgan fingerprint density at radius 1 is 0.818 bits per heavy atom. The zero-order chi connectivity index (χ0) is 7.68. The average molecular weight is 158 g/mol. The van der Waals surface area contributed by atoms with Gasteiger partial charge in [0.15, 0.2) is 0 Å². The van der Waals surface area contributed by atoms with E-state index in [9.17, 15) is 0 Å². The van der Waals surface area contributed by atoms with Gasteiger partial charge in [-0.3, -0.25) is 0 Å². The molecule has 11 heavy (non-hydrogen) atoms. The van der Waals surface area contributed by atoms with E-state index >= 15 is 0 Å². The van der Waals surface area contributed by atoms with Crippen LogP contribution in [-0.2, 0) is 0 Å². The van der Waals surface area contributed by atoms with E-state index in [1.54, 1.807) is 0 Å². The molecule has 0 saturated carbocycles. The summed E-state index contributed by atoms with van der Waals surface area (Å²) in [5.74, 6) is 0. The molecular weight excluding hydrogens is 148 g/mol. The van der Waals surface area contributed by atoms with Gasteiger partial charge in [0.2, 0.25) is 0 Å². The summed E-state index contributed by atoms with van der Waals surface area (Å²) in [5, 5.41) is 1.50. The fourth-order valence-corrected chi connectivity index (χ4v) is 1.99. The SMILES string of the molecule is [SiH3]c1ccc2cccccc1-2. The van der Waals surface area contributed by atoms with Crippen molar-refractivity contribution in [3.8, 4) is 11.1 Å². The van der Waals surface area contributed by atoms with E-state index in [4.69, 9.17) is 0 Å². The van der Waals surface area contributed by atoms with Gasteiger partial charge in [-0.1, -0.05) is 47.7 Å². The fraction of sp³-hybridized carbons (Fsp3) is 0. The molecule has 54 valence electrons. The quantitative estimate of drug-likeness (QED) is 0.497. The second-order valence-corrected chi connectivity index (χ2v) is 3.87. The maximum atomic E-state index is 2.22. The lowest BCUT2D eigenvalue weighted by Crippen LogP contribution is -1.98. The molecule has 0 aromatic carbocycles. The Kier molecular flexibility index (Phi) is 1.51. The van der Waals surface area contributed by atoms with Crippen LogP contribution in [0.5, 0.6) is 0 Å². The Balaban J connectivity index is 2.75. The van der Waals surface area contributed by atoms with E-state index in [2.05, 4.69) is 42.5 Å². The van der Waals surface area contributed by atoms with Crippen molar-refractivity contribution >= 4 is 15.4 Å². The minimum atomic E-state index is 1.14. The molecule has 0 N–H and O–H groups in total. The van der Waals surface area contributed by atoms with E-state index in [-0.39, 0.29) is 0 Å². The molecule has 2 rings (SSSR count). The van der Waals surface area contributed by atoms with Crippen molar-refractivity contribution in [3.63, 3.8) is 0 Å². The van der Waals surface area contributed by atoms with Crippen molar-refractivity contribution in [1.82, 2.24) is 0 Å². The van der Waals surface area contributed by atoms with Crippen LogP contribution >= 0.6 is 0 Å². The molecule has 2 aliphatic carbocycles. The van der Waals surface area contributed by atoms with Crippen molar-refractivity contribution in [1.29, 1.82) is 0 Å². The van der Waals surface area contributed by atoms with Crippen LogP contribution < -0.4 is 5.19 Å². The Morgan fingerprint density at radius 3 is 2.55 bits per heavy atom. The molecule has 0 unspecified atom stereocenters. The molecule has 0 bridgehead atoms. The summed E-state index contributed by atoms with van der Waals surface area (Å²) in [6.07, 6.45) is 0. The lowest BCUT2D eigenvalue weighted by Gasteiger charge is -1.91. The summed E-state index contributed by atoms with van der Waals surface area (Å²) in [7, 11) is 1.14. The van der Waals surface area contributed by atoms with Crippen LogP contribution in [0.4, 0.5) is 0 Å². The number of rotatable bonds is 0. The highest BCUT2D eigenvalue weighted by Crippen LogP contribution is 2.17. The second kappa shape index (κ2) is 2.51. The highest BCUT2D eigenvalue weighted by molar-refractivity contribution is 6.36. The second-order valence-electron chi connectivity index (χ2n) is 2.80. The highest BCUT2D eigenvalue weighted by atomic mass is 28.1. The number of fused-ring (bicyclic) bond motifs is 1. The average Bonchev–Trinajstić information content (AvgIpc) is 2.25. The predicted molar refractivity (Wildman–Crippen MR) is 52.6 cm³/mol. The van der Waals surface area contributed by atoms with Gasteiger partial charge in [0.1, 0.15) is 0 Å². The molecule has 0 aliphatic heterocycles. The molecule has 0 heterocycles. The Morgan fingerprint density at radius 2 is 1.64 bits per heavy atom. The van der Waals surface area contributed by atoms with Crippen LogP contribution in [0.3, 0.4) is 0 Å². The first-order valence-electron chi connectivity index (χ1n) is 3.82. The van der Waals surface area contributed by atoms with Gasteiger partial charge in [0.05, 0.1) is 0 Å². The molecule has 0 atom stereocenters. The molecule has 0 nitrogen and oxygen atoms in total. The van der Waals surface area contributed by atoms with Crippen molar-refractivity contribution in [3.05, 3.63) is 42.5 Å². The molecule has 0 aromatic heterocycles. The van der Waals surface area contributed by atoms with Gasteiger partial charge in [-0.05, 0) is 11.1 Å². The summed E-state index contributed by atoms with van der Waals surface area (Å²) in [6, 6.07) is 15.0. The zero-order valence-corrected chi connectivity index (χ0v) is 8.54. The van der Waals surface area contributed by atoms with E-state index in [0.717, 1.165) is 10.2 Å². The lowest BCUT2D eigenvalue weighted by atomic mass is 10.2. The number of hydrogen-bond donors (Lipinski definition) is 0. The molecule has 2 aliphatic rings. The fourth-order valence-electron chi connectivity index (χ4n) is 1.37. The summed E-state index contributed by atoms with van der Waals surface area (Å²) in [5.41, 5.74) is 2.78. The van der Waals surface area contributed by atoms with Gasteiger partial charge in [0, 0.05) is 10.2 Å². The monoisotopic (exact) mass is 158 g/mol. The Labute approximate surface area is 69.6 Å². The Hall–Kier alpha value is -1.08. The van der Waals surface area contributed by atoms with Crippen LogP contribution in [0.25, 0.3) is 11.1 Å². The van der Waals surface area contributed by atoms with Crippen LogP contribution in [0, 0.1) is 0 Å². The Bertz CT molecular complexity index is 341. The van der Waals surface area contributed by atoms with E-state index < -0.39 is 0 Å². The minimum Gasteiger partial charge on any atom is -0.0631 e. The highest BCUT2D eigenvalue weighted by Gasteiger charge is 2.01. The normalized spacial score (nSPS) is 10.5. The molecule has 0 amide bonds. The van der Waals surface area contributed by atoms with E-state index in [0.29, 0.717) is 0 Å². The van der Waals surface area contributed by atoms with E-state index in [1.165, 1.54) is 16.3 Å². The zero-order valence-electron chi connectivity index (χ0n) is 6.54. The molecular formula is C10H10Si. The molecule has 0 fully saturated rings. The van der Waals surface area contributed by atoms with Gasteiger partial charge in [-0.15, -0.1) is 0 Å². The van der Waals surface area contributed by atoms with Gasteiger partial charge < -0.3 is 0 Å². The summed E-state index contributed by atoms with van der Waals surface area (Å²) in [6.45, 7) is 0. The smallest absolute Gasteiger partial charge is 0.0393 e.